The maximum absolute atomic E-state index is 2.73. The summed E-state index contributed by atoms with van der Waals surface area (Å²) in [4.78, 5) is 0. The summed E-state index contributed by atoms with van der Waals surface area (Å²) in [6, 6.07) is 28.0. The van der Waals surface area contributed by atoms with Crippen molar-refractivity contribution < 1.29 is 0 Å². The average Bonchev–Trinajstić information content (AvgIpc) is 3.22. The monoisotopic (exact) mass is 434 g/mol. The van der Waals surface area contributed by atoms with Crippen molar-refractivity contribution in [3.63, 3.8) is 0 Å². The predicted molar refractivity (Wildman–Crippen MR) is 141 cm³/mol. The lowest BCUT2D eigenvalue weighted by atomic mass is 9.68. The molecule has 0 saturated heterocycles. The van der Waals surface area contributed by atoms with Gasteiger partial charge >= 0.3 is 0 Å². The lowest BCUT2D eigenvalue weighted by Gasteiger charge is -2.35. The highest BCUT2D eigenvalue weighted by Gasteiger charge is 2.44. The number of fused-ring (bicyclic) bond motifs is 1. The van der Waals surface area contributed by atoms with Crippen LogP contribution >= 0.6 is 0 Å². The molecule has 1 fully saturated rings. The van der Waals surface area contributed by atoms with Gasteiger partial charge in [-0.2, -0.15) is 0 Å². The Morgan fingerprint density at radius 3 is 1.94 bits per heavy atom. The van der Waals surface area contributed by atoms with Crippen LogP contribution in [0, 0.1) is 38.5 Å². The number of hydrogen-bond donors (Lipinski definition) is 0. The Labute approximate surface area is 200 Å². The molecule has 5 atom stereocenters. The van der Waals surface area contributed by atoms with Gasteiger partial charge in [0.05, 0.1) is 0 Å². The van der Waals surface area contributed by atoms with Crippen LogP contribution in [-0.2, 0) is 6.42 Å². The molecule has 170 valence electrons. The Hall–Kier alpha value is -2.60. The molecule has 0 aromatic heterocycles. The van der Waals surface area contributed by atoms with Gasteiger partial charge < -0.3 is 0 Å². The van der Waals surface area contributed by atoms with E-state index < -0.39 is 0 Å². The van der Waals surface area contributed by atoms with Crippen molar-refractivity contribution in [3.05, 3.63) is 118 Å². The van der Waals surface area contributed by atoms with E-state index in [1.807, 2.05) is 0 Å². The predicted octanol–water partition coefficient (Wildman–Crippen LogP) is 8.71. The molecule has 0 radical (unpaired) electrons. The molecule has 0 spiro atoms. The standard InChI is InChI=1S/C33H38/c1-22-8-14-26(15-9-22)20-29-6-5-7-30-32(29)21-31(25(4)27-16-10-23(2)11-17-27)33(30)28-18-12-24(3)13-19-28/h8-19,21,25,29-31,33H,5-7,20H2,1-4H3. The van der Waals surface area contributed by atoms with Gasteiger partial charge in [-0.1, -0.05) is 114 Å². The smallest absolute Gasteiger partial charge is 0.00274 e. The van der Waals surface area contributed by atoms with Crippen LogP contribution in [0.5, 0.6) is 0 Å². The molecule has 0 bridgehead atoms. The van der Waals surface area contributed by atoms with Crippen molar-refractivity contribution in [3.8, 4) is 0 Å². The van der Waals surface area contributed by atoms with Crippen molar-refractivity contribution in [2.24, 2.45) is 17.8 Å². The third-order valence-electron chi connectivity index (χ3n) is 8.45. The van der Waals surface area contributed by atoms with Gasteiger partial charge in [-0.05, 0) is 86.3 Å². The van der Waals surface area contributed by atoms with Crippen LogP contribution in [0.2, 0.25) is 0 Å². The summed E-state index contributed by atoms with van der Waals surface area (Å²) in [5.74, 6) is 3.06. The highest BCUT2D eigenvalue weighted by atomic mass is 14.5. The molecular formula is C33H38. The third kappa shape index (κ3) is 4.58. The molecule has 3 aromatic carbocycles. The van der Waals surface area contributed by atoms with Gasteiger partial charge in [-0.3, -0.25) is 0 Å². The lowest BCUT2D eigenvalue weighted by molar-refractivity contribution is 0.310. The van der Waals surface area contributed by atoms with Gasteiger partial charge in [0.2, 0.25) is 0 Å². The molecule has 2 aliphatic rings. The molecule has 1 saturated carbocycles. The summed E-state index contributed by atoms with van der Waals surface area (Å²) < 4.78 is 0. The number of rotatable bonds is 5. The Morgan fingerprint density at radius 1 is 0.727 bits per heavy atom. The minimum atomic E-state index is 0.523. The number of aryl methyl sites for hydroxylation is 3. The fourth-order valence-corrected chi connectivity index (χ4v) is 6.48. The van der Waals surface area contributed by atoms with E-state index >= 15 is 0 Å². The second-order valence-corrected chi connectivity index (χ2v) is 10.8. The molecule has 0 amide bonds. The van der Waals surface area contributed by atoms with Gasteiger partial charge in [0.15, 0.2) is 0 Å². The van der Waals surface area contributed by atoms with Crippen LogP contribution in [0.1, 0.15) is 71.4 Å². The first kappa shape index (κ1) is 22.2. The Morgan fingerprint density at radius 2 is 1.30 bits per heavy atom. The van der Waals surface area contributed by atoms with E-state index in [2.05, 4.69) is 107 Å². The second kappa shape index (κ2) is 9.34. The Balaban J connectivity index is 1.50. The first-order chi connectivity index (χ1) is 16.0. The summed E-state index contributed by atoms with van der Waals surface area (Å²) in [5, 5.41) is 0. The molecule has 2 aliphatic carbocycles. The van der Waals surface area contributed by atoms with Gasteiger partial charge in [0.1, 0.15) is 0 Å². The molecule has 5 rings (SSSR count). The molecule has 33 heavy (non-hydrogen) atoms. The number of hydrogen-bond acceptors (Lipinski definition) is 0. The average molecular weight is 435 g/mol. The molecule has 0 aliphatic heterocycles. The normalized spacial score (nSPS) is 25.4. The van der Waals surface area contributed by atoms with E-state index in [1.54, 1.807) is 5.57 Å². The second-order valence-electron chi connectivity index (χ2n) is 10.8. The first-order valence-corrected chi connectivity index (χ1v) is 12.9. The van der Waals surface area contributed by atoms with Crippen molar-refractivity contribution >= 4 is 0 Å². The number of benzene rings is 3. The highest BCUT2D eigenvalue weighted by Crippen LogP contribution is 2.55. The van der Waals surface area contributed by atoms with Crippen molar-refractivity contribution in [2.75, 3.05) is 0 Å². The minimum Gasteiger partial charge on any atom is -0.0804 e. The van der Waals surface area contributed by atoms with Crippen molar-refractivity contribution in [2.45, 2.75) is 65.2 Å². The van der Waals surface area contributed by atoms with Crippen LogP contribution < -0.4 is 0 Å². The lowest BCUT2D eigenvalue weighted by Crippen LogP contribution is -2.25. The first-order valence-electron chi connectivity index (χ1n) is 12.9. The summed E-state index contributed by atoms with van der Waals surface area (Å²) >= 11 is 0. The van der Waals surface area contributed by atoms with Crippen LogP contribution in [-0.4, -0.2) is 0 Å². The Kier molecular flexibility index (Phi) is 6.28. The van der Waals surface area contributed by atoms with Crippen LogP contribution in [0.25, 0.3) is 0 Å². The zero-order chi connectivity index (χ0) is 22.9. The van der Waals surface area contributed by atoms with Crippen LogP contribution in [0.3, 0.4) is 0 Å². The molecule has 5 unspecified atom stereocenters. The largest absolute Gasteiger partial charge is 0.0804 e. The summed E-state index contributed by atoms with van der Waals surface area (Å²) in [5.41, 5.74) is 10.3. The highest BCUT2D eigenvalue weighted by molar-refractivity contribution is 5.39. The number of allylic oxidation sites excluding steroid dienone is 2. The maximum Gasteiger partial charge on any atom is -0.00274 e. The van der Waals surface area contributed by atoms with Gasteiger partial charge in [0.25, 0.3) is 0 Å². The molecule has 3 aromatic rings. The summed E-state index contributed by atoms with van der Waals surface area (Å²) in [6.07, 6.45) is 7.95. The van der Waals surface area contributed by atoms with E-state index in [1.165, 1.54) is 59.1 Å². The van der Waals surface area contributed by atoms with E-state index in [0.29, 0.717) is 29.6 Å². The fourth-order valence-electron chi connectivity index (χ4n) is 6.48. The van der Waals surface area contributed by atoms with Crippen LogP contribution in [0.15, 0.2) is 84.4 Å². The van der Waals surface area contributed by atoms with E-state index in [9.17, 15) is 0 Å². The summed E-state index contributed by atoms with van der Waals surface area (Å²) in [6.45, 7) is 9.03. The SMILES string of the molecule is Cc1ccc(CC2CCCC3C2=CC(C(C)c2ccc(C)cc2)C3c2ccc(C)cc2)cc1. The topological polar surface area (TPSA) is 0 Å². The van der Waals surface area contributed by atoms with E-state index in [0.717, 1.165) is 0 Å². The molecule has 0 N–H and O–H groups in total. The van der Waals surface area contributed by atoms with Gasteiger partial charge in [-0.15, -0.1) is 0 Å². The van der Waals surface area contributed by atoms with Crippen molar-refractivity contribution in [1.29, 1.82) is 0 Å². The van der Waals surface area contributed by atoms with Crippen LogP contribution in [0.4, 0.5) is 0 Å². The molecule has 0 heteroatoms. The maximum atomic E-state index is 2.73. The van der Waals surface area contributed by atoms with Crippen molar-refractivity contribution in [1.82, 2.24) is 0 Å². The zero-order valence-corrected chi connectivity index (χ0v) is 20.7. The zero-order valence-electron chi connectivity index (χ0n) is 20.7. The minimum absolute atomic E-state index is 0.523. The molecular weight excluding hydrogens is 396 g/mol. The quantitative estimate of drug-likeness (QED) is 0.352. The van der Waals surface area contributed by atoms with Gasteiger partial charge in [0, 0.05) is 0 Å². The van der Waals surface area contributed by atoms with E-state index in [-0.39, 0.29) is 0 Å². The summed E-state index contributed by atoms with van der Waals surface area (Å²) in [7, 11) is 0. The fraction of sp³-hybridized carbons (Fsp3) is 0.394. The van der Waals surface area contributed by atoms with E-state index in [4.69, 9.17) is 0 Å². The Bertz CT molecular complexity index is 1100. The third-order valence-corrected chi connectivity index (χ3v) is 8.45. The molecule has 0 nitrogen and oxygen atoms in total. The van der Waals surface area contributed by atoms with Gasteiger partial charge in [-0.25, -0.2) is 0 Å². The molecule has 0 heterocycles.